The molecule has 0 spiro atoms. The van der Waals surface area contributed by atoms with E-state index in [0.29, 0.717) is 0 Å². The number of rotatable bonds is 1. The molecule has 0 aliphatic heterocycles. The molecule has 0 aromatic heterocycles. The topological polar surface area (TPSA) is 41.1 Å². The van der Waals surface area contributed by atoms with Crippen molar-refractivity contribution in [1.29, 1.82) is 0 Å². The predicted octanol–water partition coefficient (Wildman–Crippen LogP) is 4.28. The van der Waals surface area contributed by atoms with Gasteiger partial charge in [0.1, 0.15) is 0 Å². The highest BCUT2D eigenvalue weighted by molar-refractivity contribution is 6.31. The number of benzene rings is 1. The number of halogens is 4. The van der Waals surface area contributed by atoms with Crippen molar-refractivity contribution in [2.75, 3.05) is 5.32 Å². The molecule has 0 saturated heterocycles. The molecule has 0 fully saturated rings. The van der Waals surface area contributed by atoms with Crippen molar-refractivity contribution in [3.63, 3.8) is 0 Å². The lowest BCUT2D eigenvalue weighted by Crippen LogP contribution is -2.43. The third-order valence-electron chi connectivity index (χ3n) is 2.02. The Kier molecular flexibility index (Phi) is 4.35. The second kappa shape index (κ2) is 5.28. The summed E-state index contributed by atoms with van der Waals surface area (Å²) in [5.74, 6) is 0. The number of urea groups is 1. The van der Waals surface area contributed by atoms with Crippen LogP contribution >= 0.6 is 11.6 Å². The molecule has 3 nitrogen and oxygen atoms in total. The SMILES string of the molecule is CC(C)(C)NC(=O)Nc1ccc(Cl)c(C(F)(F)F)c1. The summed E-state index contributed by atoms with van der Waals surface area (Å²) in [5, 5.41) is 4.50. The van der Waals surface area contributed by atoms with Crippen LogP contribution in [0.4, 0.5) is 23.7 Å². The average molecular weight is 295 g/mol. The van der Waals surface area contributed by atoms with E-state index in [9.17, 15) is 18.0 Å². The van der Waals surface area contributed by atoms with Crippen molar-refractivity contribution < 1.29 is 18.0 Å². The van der Waals surface area contributed by atoms with Gasteiger partial charge < -0.3 is 10.6 Å². The molecule has 0 atom stereocenters. The van der Waals surface area contributed by atoms with Crippen LogP contribution in [0.25, 0.3) is 0 Å². The van der Waals surface area contributed by atoms with Gasteiger partial charge in [0.25, 0.3) is 0 Å². The molecule has 0 radical (unpaired) electrons. The summed E-state index contributed by atoms with van der Waals surface area (Å²) in [6.45, 7) is 5.28. The summed E-state index contributed by atoms with van der Waals surface area (Å²) < 4.78 is 37.9. The molecule has 0 saturated carbocycles. The molecule has 7 heteroatoms. The Balaban J connectivity index is 2.89. The van der Waals surface area contributed by atoms with Crippen LogP contribution < -0.4 is 10.6 Å². The van der Waals surface area contributed by atoms with Gasteiger partial charge in [0, 0.05) is 11.2 Å². The van der Waals surface area contributed by atoms with Crippen LogP contribution in [-0.2, 0) is 6.18 Å². The Morgan fingerprint density at radius 1 is 1.21 bits per heavy atom. The smallest absolute Gasteiger partial charge is 0.333 e. The average Bonchev–Trinajstić information content (AvgIpc) is 2.16. The lowest BCUT2D eigenvalue weighted by Gasteiger charge is -2.21. The van der Waals surface area contributed by atoms with Crippen LogP contribution in [0, 0.1) is 0 Å². The second-order valence-corrected chi connectivity index (χ2v) is 5.43. The van der Waals surface area contributed by atoms with E-state index in [1.54, 1.807) is 20.8 Å². The Morgan fingerprint density at radius 3 is 2.26 bits per heavy atom. The molecule has 2 amide bonds. The molecule has 0 heterocycles. The van der Waals surface area contributed by atoms with Crippen LogP contribution in [0.1, 0.15) is 26.3 Å². The van der Waals surface area contributed by atoms with E-state index < -0.39 is 28.3 Å². The summed E-state index contributed by atoms with van der Waals surface area (Å²) in [4.78, 5) is 11.5. The Morgan fingerprint density at radius 2 is 1.79 bits per heavy atom. The normalized spacial score (nSPS) is 12.2. The minimum absolute atomic E-state index is 0.0264. The van der Waals surface area contributed by atoms with E-state index in [-0.39, 0.29) is 5.69 Å². The van der Waals surface area contributed by atoms with Gasteiger partial charge in [-0.2, -0.15) is 13.2 Å². The van der Waals surface area contributed by atoms with Crippen molar-refractivity contribution in [2.24, 2.45) is 0 Å². The van der Waals surface area contributed by atoms with Gasteiger partial charge in [0.15, 0.2) is 0 Å². The van der Waals surface area contributed by atoms with Crippen LogP contribution in [0.5, 0.6) is 0 Å². The lowest BCUT2D eigenvalue weighted by molar-refractivity contribution is -0.137. The van der Waals surface area contributed by atoms with Crippen molar-refractivity contribution in [2.45, 2.75) is 32.5 Å². The van der Waals surface area contributed by atoms with E-state index in [4.69, 9.17) is 11.6 Å². The van der Waals surface area contributed by atoms with Crippen molar-refractivity contribution in [3.8, 4) is 0 Å². The zero-order valence-corrected chi connectivity index (χ0v) is 11.4. The molecule has 2 N–H and O–H groups in total. The Hall–Kier alpha value is -1.43. The fourth-order valence-electron chi connectivity index (χ4n) is 1.32. The molecule has 0 aliphatic carbocycles. The third-order valence-corrected chi connectivity index (χ3v) is 2.35. The van der Waals surface area contributed by atoms with Crippen molar-refractivity contribution in [3.05, 3.63) is 28.8 Å². The standard InChI is InChI=1S/C12H14ClF3N2O/c1-11(2,3)18-10(19)17-7-4-5-9(13)8(6-7)12(14,15)16/h4-6H,1-3H3,(H2,17,18,19). The first-order valence-electron chi connectivity index (χ1n) is 5.45. The fraction of sp³-hybridized carbons (Fsp3) is 0.417. The van der Waals surface area contributed by atoms with E-state index in [2.05, 4.69) is 10.6 Å². The van der Waals surface area contributed by atoms with E-state index >= 15 is 0 Å². The second-order valence-electron chi connectivity index (χ2n) is 5.02. The maximum atomic E-state index is 12.6. The van der Waals surface area contributed by atoms with E-state index in [0.717, 1.165) is 12.1 Å². The number of carbonyl (C=O) groups is 1. The highest BCUT2D eigenvalue weighted by atomic mass is 35.5. The van der Waals surface area contributed by atoms with Gasteiger partial charge in [0.2, 0.25) is 0 Å². The minimum Gasteiger partial charge on any atom is -0.333 e. The highest BCUT2D eigenvalue weighted by Gasteiger charge is 2.33. The molecule has 0 bridgehead atoms. The van der Waals surface area contributed by atoms with Crippen LogP contribution in [0.3, 0.4) is 0 Å². The molecule has 106 valence electrons. The fourth-order valence-corrected chi connectivity index (χ4v) is 1.55. The summed E-state index contributed by atoms with van der Waals surface area (Å²) in [6, 6.07) is 2.62. The summed E-state index contributed by atoms with van der Waals surface area (Å²) >= 11 is 5.48. The van der Waals surface area contributed by atoms with Gasteiger partial charge in [-0.1, -0.05) is 11.6 Å². The van der Waals surface area contributed by atoms with Gasteiger partial charge in [-0.15, -0.1) is 0 Å². The van der Waals surface area contributed by atoms with E-state index in [1.807, 2.05) is 0 Å². The quantitative estimate of drug-likeness (QED) is 0.797. The van der Waals surface area contributed by atoms with Gasteiger partial charge in [-0.25, -0.2) is 4.79 Å². The molecular weight excluding hydrogens is 281 g/mol. The number of amides is 2. The molecule has 1 rings (SSSR count). The molecular formula is C12H14ClF3N2O. The van der Waals surface area contributed by atoms with Gasteiger partial charge in [0.05, 0.1) is 10.6 Å². The third kappa shape index (κ3) is 4.98. The lowest BCUT2D eigenvalue weighted by atomic mass is 10.1. The van der Waals surface area contributed by atoms with Crippen LogP contribution in [0.2, 0.25) is 5.02 Å². The summed E-state index contributed by atoms with van der Waals surface area (Å²) in [7, 11) is 0. The summed E-state index contributed by atoms with van der Waals surface area (Å²) in [6.07, 6.45) is -4.56. The number of hydrogen-bond donors (Lipinski definition) is 2. The van der Waals surface area contributed by atoms with Crippen molar-refractivity contribution >= 4 is 23.3 Å². The number of hydrogen-bond acceptors (Lipinski definition) is 1. The van der Waals surface area contributed by atoms with Gasteiger partial charge in [-0.3, -0.25) is 0 Å². The molecule has 1 aromatic carbocycles. The maximum absolute atomic E-state index is 12.6. The molecule has 19 heavy (non-hydrogen) atoms. The van der Waals surface area contributed by atoms with Gasteiger partial charge in [-0.05, 0) is 39.0 Å². The number of nitrogens with one attached hydrogen (secondary N) is 2. The zero-order valence-electron chi connectivity index (χ0n) is 10.7. The first-order valence-corrected chi connectivity index (χ1v) is 5.83. The maximum Gasteiger partial charge on any atom is 0.417 e. The number of anilines is 1. The Labute approximate surface area is 114 Å². The Bertz CT molecular complexity index is 481. The van der Waals surface area contributed by atoms with Crippen LogP contribution in [-0.4, -0.2) is 11.6 Å². The van der Waals surface area contributed by atoms with Crippen molar-refractivity contribution in [1.82, 2.24) is 5.32 Å². The molecule has 0 unspecified atom stereocenters. The summed E-state index contributed by atoms with van der Waals surface area (Å²) in [5.41, 5.74) is -1.44. The molecule has 0 aliphatic rings. The van der Waals surface area contributed by atoms with E-state index in [1.165, 1.54) is 6.07 Å². The highest BCUT2D eigenvalue weighted by Crippen LogP contribution is 2.36. The minimum atomic E-state index is -4.56. The monoisotopic (exact) mass is 294 g/mol. The largest absolute Gasteiger partial charge is 0.417 e. The first kappa shape index (κ1) is 15.6. The number of carbonyl (C=O) groups excluding carboxylic acids is 1. The zero-order chi connectivity index (χ0) is 14.8. The van der Waals surface area contributed by atoms with Gasteiger partial charge >= 0.3 is 12.2 Å². The number of alkyl halides is 3. The first-order chi connectivity index (χ1) is 8.49. The molecule has 1 aromatic rings. The predicted molar refractivity (Wildman–Crippen MR) is 68.4 cm³/mol. The van der Waals surface area contributed by atoms with Crippen LogP contribution in [0.15, 0.2) is 18.2 Å².